The van der Waals surface area contributed by atoms with Gasteiger partial charge in [-0.25, -0.2) is 4.98 Å². The second kappa shape index (κ2) is 4.66. The molecule has 0 fully saturated rings. The highest BCUT2D eigenvalue weighted by atomic mass is 32.1. The van der Waals surface area contributed by atoms with Crippen LogP contribution in [0.25, 0.3) is 11.0 Å². The maximum absolute atomic E-state index is 5.37. The number of nitrogens with one attached hydrogen (secondary N) is 1. The minimum atomic E-state index is 0.744. The number of rotatable bonds is 3. The van der Waals surface area contributed by atoms with Crippen LogP contribution in [0.2, 0.25) is 0 Å². The highest BCUT2D eigenvalue weighted by molar-refractivity contribution is 7.71. The Balaban J connectivity index is 2.04. The molecule has 18 heavy (non-hydrogen) atoms. The Labute approximate surface area is 114 Å². The molecule has 0 aliphatic carbocycles. The van der Waals surface area contributed by atoms with Crippen molar-refractivity contribution in [1.82, 2.24) is 14.5 Å². The van der Waals surface area contributed by atoms with Gasteiger partial charge in [-0.1, -0.05) is 19.1 Å². The molecule has 0 aliphatic rings. The number of hydrogen-bond donors (Lipinski definition) is 1. The van der Waals surface area contributed by atoms with Crippen molar-refractivity contribution in [2.45, 2.75) is 19.9 Å². The van der Waals surface area contributed by atoms with Crippen LogP contribution in [0, 0.1) is 4.77 Å². The molecule has 0 amide bonds. The molecule has 0 saturated carbocycles. The van der Waals surface area contributed by atoms with Gasteiger partial charge < -0.3 is 9.55 Å². The van der Waals surface area contributed by atoms with E-state index in [0.717, 1.165) is 33.8 Å². The lowest BCUT2D eigenvalue weighted by Gasteiger charge is -2.00. The summed E-state index contributed by atoms with van der Waals surface area (Å²) in [5.41, 5.74) is 2.21. The fraction of sp³-hybridized carbons (Fsp3) is 0.231. The topological polar surface area (TPSA) is 33.6 Å². The van der Waals surface area contributed by atoms with E-state index in [1.807, 2.05) is 24.4 Å². The molecule has 2 heterocycles. The van der Waals surface area contributed by atoms with Gasteiger partial charge in [0, 0.05) is 11.1 Å². The number of aromatic nitrogens is 3. The van der Waals surface area contributed by atoms with Gasteiger partial charge in [-0.2, -0.15) is 0 Å². The number of nitrogens with zero attached hydrogens (tertiary/aromatic N) is 2. The first kappa shape index (κ1) is 11.6. The zero-order chi connectivity index (χ0) is 12.5. The molecule has 0 bridgehead atoms. The van der Waals surface area contributed by atoms with Gasteiger partial charge in [-0.3, -0.25) is 0 Å². The molecule has 1 N–H and O–H groups in total. The number of thiazole rings is 1. The standard InChI is InChI=1S/C13H13N3S2/c1-2-9-7-14-12(18-9)8-16-11-6-4-3-5-10(11)15-13(16)17/h3-7H,2,8H2,1H3,(H,15,17). The van der Waals surface area contributed by atoms with Crippen molar-refractivity contribution in [3.05, 3.63) is 45.1 Å². The molecule has 3 nitrogen and oxygen atoms in total. The SMILES string of the molecule is CCc1cnc(Cn2c(=S)[nH]c3ccccc32)s1. The number of benzene rings is 1. The third kappa shape index (κ3) is 2.00. The van der Waals surface area contributed by atoms with Crippen LogP contribution in [0.5, 0.6) is 0 Å². The predicted octanol–water partition coefficient (Wildman–Crippen LogP) is 3.77. The van der Waals surface area contributed by atoms with Crippen molar-refractivity contribution < 1.29 is 0 Å². The quantitative estimate of drug-likeness (QED) is 0.738. The molecule has 92 valence electrons. The van der Waals surface area contributed by atoms with Gasteiger partial charge >= 0.3 is 0 Å². The summed E-state index contributed by atoms with van der Waals surface area (Å²) >= 11 is 7.13. The van der Waals surface area contributed by atoms with E-state index >= 15 is 0 Å². The first-order valence-electron chi connectivity index (χ1n) is 5.89. The van der Waals surface area contributed by atoms with Gasteiger partial charge in [0.1, 0.15) is 5.01 Å². The highest BCUT2D eigenvalue weighted by Gasteiger charge is 2.06. The minimum absolute atomic E-state index is 0.744. The molecular weight excluding hydrogens is 262 g/mol. The van der Waals surface area contributed by atoms with Crippen molar-refractivity contribution in [1.29, 1.82) is 0 Å². The summed E-state index contributed by atoms with van der Waals surface area (Å²) in [6.07, 6.45) is 3.00. The van der Waals surface area contributed by atoms with Gasteiger partial charge in [-0.05, 0) is 30.8 Å². The van der Waals surface area contributed by atoms with E-state index in [-0.39, 0.29) is 0 Å². The van der Waals surface area contributed by atoms with Crippen LogP contribution >= 0.6 is 23.6 Å². The Hall–Kier alpha value is -1.46. The van der Waals surface area contributed by atoms with Gasteiger partial charge in [-0.15, -0.1) is 11.3 Å². The fourth-order valence-electron chi connectivity index (χ4n) is 1.98. The Morgan fingerprint density at radius 2 is 2.22 bits per heavy atom. The number of imidazole rings is 1. The molecule has 0 atom stereocenters. The normalized spacial score (nSPS) is 11.2. The maximum Gasteiger partial charge on any atom is 0.178 e. The number of aromatic amines is 1. The third-order valence-corrected chi connectivity index (χ3v) is 4.37. The molecule has 0 spiro atoms. The first-order valence-corrected chi connectivity index (χ1v) is 7.11. The summed E-state index contributed by atoms with van der Waals surface area (Å²) in [5.74, 6) is 0. The van der Waals surface area contributed by atoms with E-state index in [4.69, 9.17) is 12.2 Å². The van der Waals surface area contributed by atoms with E-state index in [9.17, 15) is 0 Å². The second-order valence-corrected chi connectivity index (χ2v) is 5.69. The smallest absolute Gasteiger partial charge is 0.178 e. The fourth-order valence-corrected chi connectivity index (χ4v) is 3.11. The van der Waals surface area contributed by atoms with Gasteiger partial charge in [0.05, 0.1) is 17.6 Å². The third-order valence-electron chi connectivity index (χ3n) is 2.92. The molecule has 3 aromatic rings. The van der Waals surface area contributed by atoms with E-state index < -0.39 is 0 Å². The monoisotopic (exact) mass is 275 g/mol. The summed E-state index contributed by atoms with van der Waals surface area (Å²) in [4.78, 5) is 8.99. The minimum Gasteiger partial charge on any atom is -0.331 e. The number of H-pyrrole nitrogens is 1. The lowest BCUT2D eigenvalue weighted by Crippen LogP contribution is -1.98. The lowest BCUT2D eigenvalue weighted by atomic mass is 10.3. The summed E-state index contributed by atoms with van der Waals surface area (Å²) in [5, 5.41) is 1.10. The van der Waals surface area contributed by atoms with Crippen LogP contribution in [0.15, 0.2) is 30.5 Å². The molecule has 1 aromatic carbocycles. The molecule has 5 heteroatoms. The number of para-hydroxylation sites is 2. The summed E-state index contributed by atoms with van der Waals surface area (Å²) in [6, 6.07) is 8.16. The average Bonchev–Trinajstić information content (AvgIpc) is 2.96. The van der Waals surface area contributed by atoms with Crippen molar-refractivity contribution >= 4 is 34.6 Å². The maximum atomic E-state index is 5.37. The van der Waals surface area contributed by atoms with Gasteiger partial charge in [0.2, 0.25) is 0 Å². The number of aryl methyl sites for hydroxylation is 1. The first-order chi connectivity index (χ1) is 8.78. The molecule has 3 rings (SSSR count). The van der Waals surface area contributed by atoms with Crippen molar-refractivity contribution in [3.63, 3.8) is 0 Å². The molecule has 0 unspecified atom stereocenters. The Morgan fingerprint density at radius 3 is 3.00 bits per heavy atom. The zero-order valence-corrected chi connectivity index (χ0v) is 11.6. The van der Waals surface area contributed by atoms with Crippen LogP contribution in [0.1, 0.15) is 16.8 Å². The van der Waals surface area contributed by atoms with E-state index in [2.05, 4.69) is 27.5 Å². The van der Waals surface area contributed by atoms with E-state index in [0.29, 0.717) is 0 Å². The highest BCUT2D eigenvalue weighted by Crippen LogP contribution is 2.19. The summed E-state index contributed by atoms with van der Waals surface area (Å²) < 4.78 is 2.85. The Kier molecular flexibility index (Phi) is 3.01. The number of hydrogen-bond acceptors (Lipinski definition) is 3. The van der Waals surface area contributed by atoms with Crippen LogP contribution in [-0.2, 0) is 13.0 Å². The predicted molar refractivity (Wildman–Crippen MR) is 77.7 cm³/mol. The molecular formula is C13H13N3S2. The summed E-state index contributed by atoms with van der Waals surface area (Å²) in [6.45, 7) is 2.89. The number of fused-ring (bicyclic) bond motifs is 1. The molecule has 2 aromatic heterocycles. The van der Waals surface area contributed by atoms with Crippen molar-refractivity contribution in [3.8, 4) is 0 Å². The van der Waals surface area contributed by atoms with E-state index in [1.165, 1.54) is 4.88 Å². The lowest BCUT2D eigenvalue weighted by molar-refractivity contribution is 0.803. The van der Waals surface area contributed by atoms with Crippen LogP contribution in [0.3, 0.4) is 0 Å². The van der Waals surface area contributed by atoms with Gasteiger partial charge in [0.25, 0.3) is 0 Å². The molecule has 0 aliphatic heterocycles. The van der Waals surface area contributed by atoms with Crippen LogP contribution in [-0.4, -0.2) is 14.5 Å². The molecule has 0 radical (unpaired) electrons. The van der Waals surface area contributed by atoms with Crippen LogP contribution < -0.4 is 0 Å². The second-order valence-electron chi connectivity index (χ2n) is 4.11. The molecule has 0 saturated heterocycles. The van der Waals surface area contributed by atoms with Gasteiger partial charge in [0.15, 0.2) is 4.77 Å². The van der Waals surface area contributed by atoms with E-state index in [1.54, 1.807) is 11.3 Å². The van der Waals surface area contributed by atoms with Crippen molar-refractivity contribution in [2.24, 2.45) is 0 Å². The zero-order valence-electron chi connectivity index (χ0n) is 10.0. The van der Waals surface area contributed by atoms with Crippen molar-refractivity contribution in [2.75, 3.05) is 0 Å². The average molecular weight is 275 g/mol. The largest absolute Gasteiger partial charge is 0.331 e. The Bertz CT molecular complexity index is 736. The summed E-state index contributed by atoms with van der Waals surface area (Å²) in [7, 11) is 0. The Morgan fingerprint density at radius 1 is 1.39 bits per heavy atom. The van der Waals surface area contributed by atoms with Crippen LogP contribution in [0.4, 0.5) is 0 Å².